The Morgan fingerprint density at radius 2 is 1.85 bits per heavy atom. The van der Waals surface area contributed by atoms with Gasteiger partial charge in [-0.25, -0.2) is 18.7 Å². The quantitative estimate of drug-likeness (QED) is 0.846. The molecule has 0 bridgehead atoms. The lowest BCUT2D eigenvalue weighted by Crippen LogP contribution is -2.41. The van der Waals surface area contributed by atoms with Gasteiger partial charge in [0.05, 0.1) is 6.07 Å². The summed E-state index contributed by atoms with van der Waals surface area (Å²) in [5, 5.41) is 9.30. The van der Waals surface area contributed by atoms with Crippen LogP contribution in [0.5, 0.6) is 0 Å². The smallest absolute Gasteiger partial charge is 0.250 e. The number of hydrogen-bond acceptors (Lipinski definition) is 5. The van der Waals surface area contributed by atoms with Crippen LogP contribution in [0.1, 0.15) is 24.4 Å². The molecule has 1 aliphatic rings. The number of hydrogen-bond donors (Lipinski definition) is 0. The Morgan fingerprint density at radius 3 is 2.30 bits per heavy atom. The summed E-state index contributed by atoms with van der Waals surface area (Å²) in [6, 6.07) is 1.58. The number of alkyl halides is 2. The molecule has 0 saturated carbocycles. The van der Waals surface area contributed by atoms with E-state index in [4.69, 9.17) is 0 Å². The summed E-state index contributed by atoms with van der Waals surface area (Å²) in [4.78, 5) is 11.8. The molecule has 1 atom stereocenters. The molecule has 0 aromatic carbocycles. The molecule has 2 heterocycles. The number of nitriles is 1. The van der Waals surface area contributed by atoms with Crippen molar-refractivity contribution < 1.29 is 8.78 Å². The molecule has 7 heteroatoms. The van der Waals surface area contributed by atoms with E-state index in [1.807, 2.05) is 14.1 Å². The second kappa shape index (κ2) is 5.67. The summed E-state index contributed by atoms with van der Waals surface area (Å²) >= 11 is 0. The summed E-state index contributed by atoms with van der Waals surface area (Å²) in [6.45, 7) is 0.418. The number of halogens is 2. The molecule has 1 unspecified atom stereocenters. The summed E-state index contributed by atoms with van der Waals surface area (Å²) < 4.78 is 26.3. The highest BCUT2D eigenvalue weighted by Crippen LogP contribution is 2.31. The van der Waals surface area contributed by atoms with Crippen molar-refractivity contribution in [2.45, 2.75) is 24.8 Å². The SMILES string of the molecule is CN(C)c1ncc(C(C#N)N2CCC(F)(F)CC2)cn1. The molecule has 0 radical (unpaired) electrons. The summed E-state index contributed by atoms with van der Waals surface area (Å²) in [5.74, 6) is -2.06. The van der Waals surface area contributed by atoms with E-state index < -0.39 is 12.0 Å². The third kappa shape index (κ3) is 3.20. The van der Waals surface area contributed by atoms with Crippen LogP contribution in [-0.2, 0) is 0 Å². The van der Waals surface area contributed by atoms with Gasteiger partial charge in [0, 0.05) is 58.0 Å². The maximum atomic E-state index is 13.1. The van der Waals surface area contributed by atoms with E-state index in [9.17, 15) is 14.0 Å². The van der Waals surface area contributed by atoms with Crippen molar-refractivity contribution in [3.63, 3.8) is 0 Å². The normalized spacial score (nSPS) is 20.1. The van der Waals surface area contributed by atoms with Crippen LogP contribution in [0.15, 0.2) is 12.4 Å². The van der Waals surface area contributed by atoms with Gasteiger partial charge in [-0.2, -0.15) is 5.26 Å². The lowest BCUT2D eigenvalue weighted by molar-refractivity contribution is -0.0595. The maximum Gasteiger partial charge on any atom is 0.250 e. The number of piperidine rings is 1. The number of rotatable bonds is 3. The Balaban J connectivity index is 2.11. The van der Waals surface area contributed by atoms with Crippen molar-refractivity contribution in [3.05, 3.63) is 18.0 Å². The fourth-order valence-electron chi connectivity index (χ4n) is 2.18. The van der Waals surface area contributed by atoms with E-state index >= 15 is 0 Å². The van der Waals surface area contributed by atoms with Gasteiger partial charge in [-0.05, 0) is 0 Å². The molecule has 5 nitrogen and oxygen atoms in total. The van der Waals surface area contributed by atoms with E-state index in [0.717, 1.165) is 0 Å². The minimum atomic E-state index is -2.61. The van der Waals surface area contributed by atoms with Crippen molar-refractivity contribution in [2.24, 2.45) is 0 Å². The minimum absolute atomic E-state index is 0.207. The zero-order chi connectivity index (χ0) is 14.8. The zero-order valence-corrected chi connectivity index (χ0v) is 11.6. The van der Waals surface area contributed by atoms with E-state index in [1.54, 1.807) is 22.2 Å². The molecule has 1 saturated heterocycles. The zero-order valence-electron chi connectivity index (χ0n) is 11.6. The van der Waals surface area contributed by atoms with Crippen molar-refractivity contribution in [1.29, 1.82) is 5.26 Å². The van der Waals surface area contributed by atoms with Crippen LogP contribution in [0.2, 0.25) is 0 Å². The number of aromatic nitrogens is 2. The van der Waals surface area contributed by atoms with E-state index in [2.05, 4.69) is 16.0 Å². The van der Waals surface area contributed by atoms with Crippen molar-refractivity contribution in [3.8, 4) is 6.07 Å². The van der Waals surface area contributed by atoms with E-state index in [0.29, 0.717) is 11.5 Å². The van der Waals surface area contributed by atoms with Crippen LogP contribution in [-0.4, -0.2) is 48.0 Å². The van der Waals surface area contributed by atoms with E-state index in [-0.39, 0.29) is 25.9 Å². The van der Waals surface area contributed by atoms with Crippen LogP contribution in [0, 0.1) is 11.3 Å². The highest BCUT2D eigenvalue weighted by molar-refractivity contribution is 5.29. The van der Waals surface area contributed by atoms with Gasteiger partial charge >= 0.3 is 0 Å². The molecule has 2 rings (SSSR count). The molecule has 0 amide bonds. The number of nitrogens with zero attached hydrogens (tertiary/aromatic N) is 5. The highest BCUT2D eigenvalue weighted by atomic mass is 19.3. The molecule has 0 N–H and O–H groups in total. The van der Waals surface area contributed by atoms with Gasteiger partial charge < -0.3 is 4.90 Å². The van der Waals surface area contributed by atoms with Gasteiger partial charge in [0.1, 0.15) is 6.04 Å². The predicted octanol–water partition coefficient (Wildman–Crippen LogP) is 1.84. The molecule has 0 spiro atoms. The average Bonchev–Trinajstić information content (AvgIpc) is 2.42. The van der Waals surface area contributed by atoms with Crippen LogP contribution < -0.4 is 4.90 Å². The lowest BCUT2D eigenvalue weighted by Gasteiger charge is -2.34. The molecular formula is C13H17F2N5. The Bertz CT molecular complexity index is 484. The first-order chi connectivity index (χ1) is 9.43. The van der Waals surface area contributed by atoms with Crippen molar-refractivity contribution in [2.75, 3.05) is 32.1 Å². The van der Waals surface area contributed by atoms with Gasteiger partial charge in [-0.3, -0.25) is 4.90 Å². The Kier molecular flexibility index (Phi) is 4.14. The van der Waals surface area contributed by atoms with E-state index in [1.165, 1.54) is 0 Å². The molecule has 108 valence electrons. The standard InChI is InChI=1S/C13H17F2N5/c1-19(2)12-17-8-10(9-18-12)11(7-16)20-5-3-13(14,15)4-6-20/h8-9,11H,3-6H2,1-2H3. The van der Waals surface area contributed by atoms with Gasteiger partial charge in [0.15, 0.2) is 0 Å². The third-order valence-corrected chi connectivity index (χ3v) is 3.39. The second-order valence-corrected chi connectivity index (χ2v) is 5.13. The monoisotopic (exact) mass is 281 g/mol. The van der Waals surface area contributed by atoms with Gasteiger partial charge in [0.2, 0.25) is 5.95 Å². The number of anilines is 1. The first kappa shape index (κ1) is 14.6. The Labute approximate surface area is 116 Å². The van der Waals surface area contributed by atoms with Gasteiger partial charge in [-0.1, -0.05) is 0 Å². The summed E-state index contributed by atoms with van der Waals surface area (Å²) in [7, 11) is 3.65. The Morgan fingerprint density at radius 1 is 1.30 bits per heavy atom. The van der Waals surface area contributed by atoms with Gasteiger partial charge in [-0.15, -0.1) is 0 Å². The second-order valence-electron chi connectivity index (χ2n) is 5.13. The predicted molar refractivity (Wildman–Crippen MR) is 70.5 cm³/mol. The highest BCUT2D eigenvalue weighted by Gasteiger charge is 2.36. The largest absolute Gasteiger partial charge is 0.347 e. The average molecular weight is 281 g/mol. The first-order valence-electron chi connectivity index (χ1n) is 6.44. The minimum Gasteiger partial charge on any atom is -0.347 e. The molecule has 20 heavy (non-hydrogen) atoms. The van der Waals surface area contributed by atoms with Crippen molar-refractivity contribution in [1.82, 2.24) is 14.9 Å². The lowest BCUT2D eigenvalue weighted by atomic mass is 10.0. The molecule has 1 aromatic rings. The molecular weight excluding hydrogens is 264 g/mol. The van der Waals surface area contributed by atoms with Crippen LogP contribution in [0.25, 0.3) is 0 Å². The van der Waals surface area contributed by atoms with Crippen LogP contribution in [0.3, 0.4) is 0 Å². The molecule has 0 aliphatic carbocycles. The van der Waals surface area contributed by atoms with Crippen LogP contribution >= 0.6 is 0 Å². The molecule has 1 aromatic heterocycles. The fourth-order valence-corrected chi connectivity index (χ4v) is 2.18. The maximum absolute atomic E-state index is 13.1. The van der Waals surface area contributed by atoms with Crippen LogP contribution in [0.4, 0.5) is 14.7 Å². The first-order valence-corrected chi connectivity index (χ1v) is 6.44. The molecule has 1 fully saturated rings. The topological polar surface area (TPSA) is 56.1 Å². The van der Waals surface area contributed by atoms with Gasteiger partial charge in [0.25, 0.3) is 5.92 Å². The Hall–Kier alpha value is -1.81. The molecule has 1 aliphatic heterocycles. The van der Waals surface area contributed by atoms with Crippen molar-refractivity contribution >= 4 is 5.95 Å². The number of likely N-dealkylation sites (tertiary alicyclic amines) is 1. The third-order valence-electron chi connectivity index (χ3n) is 3.39. The fraction of sp³-hybridized carbons (Fsp3) is 0.615. The summed E-state index contributed by atoms with van der Waals surface area (Å²) in [6.07, 6.45) is 2.76. The summed E-state index contributed by atoms with van der Waals surface area (Å²) in [5.41, 5.74) is 0.642.